The summed E-state index contributed by atoms with van der Waals surface area (Å²) >= 11 is 0. The quantitative estimate of drug-likeness (QED) is 0.367. The molecule has 39 heavy (non-hydrogen) atoms. The fraction of sp³-hybridized carbons (Fsp3) is 0.692. The zero-order valence-corrected chi connectivity index (χ0v) is 29.4. The van der Waals surface area contributed by atoms with Crippen molar-refractivity contribution in [1.82, 2.24) is 0 Å². The first-order valence-corrected chi connectivity index (χ1v) is 15.5. The third-order valence-electron chi connectivity index (χ3n) is 8.13. The Bertz CT molecular complexity index is 1140. The zero-order chi connectivity index (χ0) is 30.6. The van der Waals surface area contributed by atoms with Crippen LogP contribution in [0.2, 0.25) is 0 Å². The van der Waals surface area contributed by atoms with Gasteiger partial charge in [-0.2, -0.15) is 0 Å². The highest BCUT2D eigenvalue weighted by molar-refractivity contribution is 5.56. The van der Waals surface area contributed by atoms with Crippen LogP contribution in [0.4, 0.5) is 0 Å². The van der Waals surface area contributed by atoms with E-state index in [0.717, 1.165) is 12.8 Å². The van der Waals surface area contributed by atoms with Gasteiger partial charge in [0.25, 0.3) is 0 Å². The van der Waals surface area contributed by atoms with Gasteiger partial charge in [0.1, 0.15) is 0 Å². The molecule has 0 saturated carbocycles. The van der Waals surface area contributed by atoms with Crippen molar-refractivity contribution in [2.24, 2.45) is 0 Å². The van der Waals surface area contributed by atoms with Gasteiger partial charge in [-0.15, -0.1) is 0 Å². The van der Waals surface area contributed by atoms with Crippen LogP contribution in [0.5, 0.6) is 0 Å². The molecule has 0 atom stereocenters. The molecule has 0 heterocycles. The summed E-state index contributed by atoms with van der Waals surface area (Å²) in [4.78, 5) is 0. The standard InChI is InChI=1S/C39H64/c1-34(2,3)28-24-20-22-26(31(28)37(10,11)12)21-19-23-27-29(35(4,5)6)25-30(36(7,8)9)33(39(16,17)18)32(27)38(13,14)15/h20,22,24-25H,19,21,23H2,1-18H3. The molecule has 0 heteroatoms. The molecule has 220 valence electrons. The van der Waals surface area contributed by atoms with E-state index < -0.39 is 0 Å². The van der Waals surface area contributed by atoms with Crippen LogP contribution in [0.1, 0.15) is 176 Å². The Labute approximate surface area is 244 Å². The lowest BCUT2D eigenvalue weighted by molar-refractivity contribution is 0.483. The van der Waals surface area contributed by atoms with Crippen molar-refractivity contribution in [3.05, 3.63) is 68.8 Å². The molecular weight excluding hydrogens is 468 g/mol. The first-order valence-electron chi connectivity index (χ1n) is 15.5. The molecule has 0 radical (unpaired) electrons. The van der Waals surface area contributed by atoms with Gasteiger partial charge in [-0.1, -0.05) is 149 Å². The summed E-state index contributed by atoms with van der Waals surface area (Å²) in [6.07, 6.45) is 3.41. The Morgan fingerprint density at radius 1 is 0.410 bits per heavy atom. The summed E-state index contributed by atoms with van der Waals surface area (Å²) in [6.45, 7) is 43.2. The maximum atomic E-state index is 2.60. The van der Waals surface area contributed by atoms with Crippen molar-refractivity contribution in [3.63, 3.8) is 0 Å². The smallest absolute Gasteiger partial charge is 0.0126 e. The van der Waals surface area contributed by atoms with Crippen molar-refractivity contribution < 1.29 is 0 Å². The molecule has 0 unspecified atom stereocenters. The summed E-state index contributed by atoms with van der Waals surface area (Å²) in [6, 6.07) is 9.66. The summed E-state index contributed by atoms with van der Waals surface area (Å²) in [5.41, 5.74) is 13.1. The molecule has 0 aliphatic heterocycles. The van der Waals surface area contributed by atoms with E-state index in [1.807, 2.05) is 0 Å². The Morgan fingerprint density at radius 2 is 0.846 bits per heavy atom. The lowest BCUT2D eigenvalue weighted by Gasteiger charge is -2.41. The highest BCUT2D eigenvalue weighted by atomic mass is 14.4. The van der Waals surface area contributed by atoms with Crippen molar-refractivity contribution in [1.29, 1.82) is 0 Å². The fourth-order valence-electron chi connectivity index (χ4n) is 6.63. The van der Waals surface area contributed by atoms with Crippen molar-refractivity contribution in [2.75, 3.05) is 0 Å². The van der Waals surface area contributed by atoms with Crippen LogP contribution in [-0.2, 0) is 45.3 Å². The van der Waals surface area contributed by atoms with E-state index in [2.05, 4.69) is 149 Å². The third-order valence-corrected chi connectivity index (χ3v) is 8.13. The lowest BCUT2D eigenvalue weighted by Crippen LogP contribution is -2.32. The second kappa shape index (κ2) is 10.7. The average Bonchev–Trinajstić information content (AvgIpc) is 2.68. The molecule has 0 aliphatic carbocycles. The molecule has 0 amide bonds. The predicted molar refractivity (Wildman–Crippen MR) is 177 cm³/mol. The van der Waals surface area contributed by atoms with Crippen LogP contribution in [0.15, 0.2) is 24.3 Å². The van der Waals surface area contributed by atoms with Crippen LogP contribution in [0, 0.1) is 0 Å². The van der Waals surface area contributed by atoms with Crippen LogP contribution >= 0.6 is 0 Å². The molecule has 2 rings (SSSR count). The van der Waals surface area contributed by atoms with Gasteiger partial charge >= 0.3 is 0 Å². The van der Waals surface area contributed by atoms with Gasteiger partial charge in [0.05, 0.1) is 0 Å². The fourth-order valence-corrected chi connectivity index (χ4v) is 6.63. The topological polar surface area (TPSA) is 0 Å². The molecule has 2 aromatic carbocycles. The normalized spacial score (nSPS) is 14.2. The maximum absolute atomic E-state index is 2.60. The summed E-state index contributed by atoms with van der Waals surface area (Å²) in [5, 5.41) is 0. The Balaban J connectivity index is 2.80. The van der Waals surface area contributed by atoms with Gasteiger partial charge in [0.2, 0.25) is 0 Å². The molecule has 0 bridgehead atoms. The summed E-state index contributed by atoms with van der Waals surface area (Å²) in [5.74, 6) is 0. The number of benzene rings is 2. The van der Waals surface area contributed by atoms with E-state index in [4.69, 9.17) is 0 Å². The molecule has 0 spiro atoms. The summed E-state index contributed by atoms with van der Waals surface area (Å²) < 4.78 is 0. The third kappa shape index (κ3) is 7.80. The first kappa shape index (κ1) is 33.6. The van der Waals surface area contributed by atoms with E-state index in [-0.39, 0.29) is 32.5 Å². The van der Waals surface area contributed by atoms with Crippen molar-refractivity contribution in [2.45, 2.75) is 176 Å². The Kier molecular flexibility index (Phi) is 9.22. The zero-order valence-electron chi connectivity index (χ0n) is 29.4. The highest BCUT2D eigenvalue weighted by Crippen LogP contribution is 2.46. The van der Waals surface area contributed by atoms with E-state index in [1.165, 1.54) is 23.1 Å². The summed E-state index contributed by atoms with van der Waals surface area (Å²) in [7, 11) is 0. The van der Waals surface area contributed by atoms with Gasteiger partial charge in [-0.05, 0) is 96.3 Å². The van der Waals surface area contributed by atoms with Gasteiger partial charge < -0.3 is 0 Å². The maximum Gasteiger partial charge on any atom is -0.0126 e. The van der Waals surface area contributed by atoms with Gasteiger partial charge in [0, 0.05) is 0 Å². The lowest BCUT2D eigenvalue weighted by atomic mass is 9.64. The number of aryl methyl sites for hydroxylation is 1. The minimum atomic E-state index is 0.0714. The van der Waals surface area contributed by atoms with Crippen LogP contribution in [0.25, 0.3) is 0 Å². The molecular formula is C39H64. The second-order valence-electron chi connectivity index (χ2n) is 18.4. The van der Waals surface area contributed by atoms with E-state index in [1.54, 1.807) is 27.8 Å². The van der Waals surface area contributed by atoms with Gasteiger partial charge in [0.15, 0.2) is 0 Å². The number of hydrogen-bond acceptors (Lipinski definition) is 0. The molecule has 0 aromatic heterocycles. The van der Waals surface area contributed by atoms with Crippen LogP contribution in [0.3, 0.4) is 0 Å². The monoisotopic (exact) mass is 533 g/mol. The van der Waals surface area contributed by atoms with Crippen LogP contribution in [-0.4, -0.2) is 0 Å². The first-order chi connectivity index (χ1) is 17.2. The van der Waals surface area contributed by atoms with Crippen LogP contribution < -0.4 is 0 Å². The Hall–Kier alpha value is -1.56. The minimum absolute atomic E-state index is 0.0714. The van der Waals surface area contributed by atoms with E-state index in [9.17, 15) is 0 Å². The highest BCUT2D eigenvalue weighted by Gasteiger charge is 2.37. The minimum Gasteiger partial charge on any atom is -0.0617 e. The van der Waals surface area contributed by atoms with Gasteiger partial charge in [-0.25, -0.2) is 0 Å². The predicted octanol–water partition coefficient (Wildman–Crippen LogP) is 11.6. The van der Waals surface area contributed by atoms with Gasteiger partial charge in [-0.3, -0.25) is 0 Å². The van der Waals surface area contributed by atoms with E-state index >= 15 is 0 Å². The SMILES string of the molecule is CC(C)(C)c1cc(C(C)(C)C)c(C(C)(C)C)c(C(C)(C)C)c1CCCc1cccc(C(C)(C)C)c1C(C)(C)C. The van der Waals surface area contributed by atoms with E-state index in [0.29, 0.717) is 0 Å². The number of hydrogen-bond donors (Lipinski definition) is 0. The molecule has 0 N–H and O–H groups in total. The molecule has 0 nitrogen and oxygen atoms in total. The molecule has 0 fully saturated rings. The number of rotatable bonds is 4. The molecule has 0 saturated heterocycles. The van der Waals surface area contributed by atoms with Crippen molar-refractivity contribution in [3.8, 4) is 0 Å². The molecule has 2 aromatic rings. The van der Waals surface area contributed by atoms with Crippen molar-refractivity contribution >= 4 is 0 Å². The second-order valence-corrected chi connectivity index (χ2v) is 18.4. The Morgan fingerprint density at radius 3 is 1.23 bits per heavy atom. The molecule has 0 aliphatic rings. The largest absolute Gasteiger partial charge is 0.0617 e. The average molecular weight is 533 g/mol.